The highest BCUT2D eigenvalue weighted by atomic mass is 16.7. The Kier molecular flexibility index (Phi) is 8.50. The molecule has 12 nitrogen and oxygen atoms in total. The highest BCUT2D eigenvalue weighted by molar-refractivity contribution is 5.43. The van der Waals surface area contributed by atoms with Crippen LogP contribution < -0.4 is 9.47 Å². The second-order valence-electron chi connectivity index (χ2n) is 8.23. The van der Waals surface area contributed by atoms with Gasteiger partial charge in [-0.3, -0.25) is 0 Å². The van der Waals surface area contributed by atoms with Gasteiger partial charge in [0.05, 0.1) is 25.9 Å². The normalized spacial score (nSPS) is 40.3. The van der Waals surface area contributed by atoms with Crippen molar-refractivity contribution < 1.29 is 59.4 Å². The van der Waals surface area contributed by atoms with Gasteiger partial charge < -0.3 is 59.4 Å². The predicted octanol–water partition coefficient (Wildman–Crippen LogP) is -2.22. The molecule has 2 fully saturated rings. The van der Waals surface area contributed by atoms with Gasteiger partial charge in [0.2, 0.25) is 6.29 Å². The van der Waals surface area contributed by atoms with E-state index < -0.39 is 74.1 Å². The van der Waals surface area contributed by atoms with Crippen LogP contribution in [0.15, 0.2) is 18.2 Å². The summed E-state index contributed by atoms with van der Waals surface area (Å²) in [7, 11) is 1.39. The Hall–Kier alpha value is -1.58. The monoisotopic (exact) mass is 476 g/mol. The first-order valence-corrected chi connectivity index (χ1v) is 10.6. The summed E-state index contributed by atoms with van der Waals surface area (Å²) in [6.45, 7) is 2.67. The smallest absolute Gasteiger partial charge is 0.229 e. The van der Waals surface area contributed by atoms with Crippen LogP contribution in [0.2, 0.25) is 0 Å². The third-order valence-corrected chi connectivity index (χ3v) is 5.81. The second kappa shape index (κ2) is 10.8. The first-order valence-electron chi connectivity index (χ1n) is 10.6. The van der Waals surface area contributed by atoms with Crippen molar-refractivity contribution >= 4 is 0 Å². The topological polar surface area (TPSA) is 188 Å². The van der Waals surface area contributed by atoms with E-state index in [9.17, 15) is 35.7 Å². The van der Waals surface area contributed by atoms with E-state index in [1.165, 1.54) is 20.1 Å². The lowest BCUT2D eigenvalue weighted by Gasteiger charge is -2.42. The lowest BCUT2D eigenvalue weighted by atomic mass is 9.98. The molecule has 0 amide bonds. The second-order valence-corrected chi connectivity index (χ2v) is 8.23. The van der Waals surface area contributed by atoms with Crippen LogP contribution in [0.25, 0.3) is 0 Å². The van der Waals surface area contributed by atoms with E-state index in [2.05, 4.69) is 0 Å². The summed E-state index contributed by atoms with van der Waals surface area (Å²) >= 11 is 0. The van der Waals surface area contributed by atoms with Crippen LogP contribution in [0.1, 0.15) is 25.5 Å². The minimum absolute atomic E-state index is 0.158. The molecule has 0 radical (unpaired) electrons. The van der Waals surface area contributed by atoms with E-state index in [1.807, 2.05) is 0 Å². The van der Waals surface area contributed by atoms with Crippen LogP contribution in [-0.2, 0) is 14.2 Å². The molecule has 2 aliphatic heterocycles. The zero-order chi connectivity index (χ0) is 24.4. The van der Waals surface area contributed by atoms with Gasteiger partial charge in [0.1, 0.15) is 42.7 Å². The molecule has 11 atom stereocenters. The number of aliphatic hydroxyl groups excluding tert-OH is 7. The van der Waals surface area contributed by atoms with Crippen molar-refractivity contribution in [2.75, 3.05) is 13.7 Å². The fraction of sp³-hybridized carbons (Fsp3) is 0.714. The Morgan fingerprint density at radius 2 is 1.48 bits per heavy atom. The summed E-state index contributed by atoms with van der Waals surface area (Å²) < 4.78 is 27.3. The molecule has 0 aliphatic carbocycles. The Balaban J connectivity index is 1.69. The molecule has 0 bridgehead atoms. The average Bonchev–Trinajstić information content (AvgIpc) is 2.80. The van der Waals surface area contributed by atoms with E-state index >= 15 is 0 Å². The molecule has 3 rings (SSSR count). The summed E-state index contributed by atoms with van der Waals surface area (Å²) in [6, 6.07) is 4.64. The van der Waals surface area contributed by atoms with Crippen molar-refractivity contribution in [1.29, 1.82) is 0 Å². The van der Waals surface area contributed by atoms with Crippen LogP contribution in [0.5, 0.6) is 11.5 Å². The van der Waals surface area contributed by atoms with Gasteiger partial charge in [0.25, 0.3) is 0 Å². The van der Waals surface area contributed by atoms with Gasteiger partial charge in [0, 0.05) is 0 Å². The molecule has 0 spiro atoms. The minimum atomic E-state index is -1.65. The van der Waals surface area contributed by atoms with Gasteiger partial charge in [-0.05, 0) is 31.5 Å². The fourth-order valence-electron chi connectivity index (χ4n) is 3.66. The number of hydrogen-bond acceptors (Lipinski definition) is 12. The van der Waals surface area contributed by atoms with Gasteiger partial charge >= 0.3 is 0 Å². The molecule has 1 aromatic carbocycles. The fourth-order valence-corrected chi connectivity index (χ4v) is 3.66. The molecular weight excluding hydrogens is 444 g/mol. The molecule has 2 heterocycles. The van der Waals surface area contributed by atoms with E-state index in [1.54, 1.807) is 19.1 Å². The standard InChI is InChI=1S/C21H32O12/c1-8(22)10-4-5-11(12(6-10)29-3)32-21-19(28)17(26)15(24)13(33-21)7-30-20-18(27)16(25)14(23)9(2)31-20/h4-6,8-9,13-28H,7H2,1-3H3/t8-,9+,13-,14+,15-,16-,17+,18-,19-,20-,21-/m1/s1. The zero-order valence-corrected chi connectivity index (χ0v) is 18.5. The van der Waals surface area contributed by atoms with Gasteiger partial charge in [-0.1, -0.05) is 6.07 Å². The SMILES string of the molecule is COc1cc([C@@H](C)O)ccc1O[C@@H]1O[C@H](CO[C@@H]2O[C@@H](C)[C@H](O)[C@@H](O)[C@H]2O)[C@@H](O)[C@H](O)[C@H]1O. The molecule has 7 N–H and O–H groups in total. The highest BCUT2D eigenvalue weighted by Gasteiger charge is 2.47. The largest absolute Gasteiger partial charge is 0.493 e. The molecular formula is C21H32O12. The number of methoxy groups -OCH3 is 1. The van der Waals surface area contributed by atoms with Crippen LogP contribution >= 0.6 is 0 Å². The number of ether oxygens (including phenoxy) is 5. The molecule has 0 unspecified atom stereocenters. The molecule has 2 saturated heterocycles. The lowest BCUT2D eigenvalue weighted by Crippen LogP contribution is -2.61. The van der Waals surface area contributed by atoms with E-state index in [-0.39, 0.29) is 11.5 Å². The quantitative estimate of drug-likeness (QED) is 0.225. The van der Waals surface area contributed by atoms with E-state index in [4.69, 9.17) is 23.7 Å². The minimum Gasteiger partial charge on any atom is -0.493 e. The summed E-state index contributed by atoms with van der Waals surface area (Å²) in [5, 5.41) is 70.4. The number of hydrogen-bond donors (Lipinski definition) is 7. The lowest BCUT2D eigenvalue weighted by molar-refractivity contribution is -0.318. The Bertz CT molecular complexity index is 776. The number of rotatable bonds is 7. The maximum Gasteiger partial charge on any atom is 0.229 e. The maximum absolute atomic E-state index is 10.3. The zero-order valence-electron chi connectivity index (χ0n) is 18.5. The predicted molar refractivity (Wildman–Crippen MR) is 109 cm³/mol. The van der Waals surface area contributed by atoms with Crippen molar-refractivity contribution in [3.8, 4) is 11.5 Å². The Morgan fingerprint density at radius 3 is 2.12 bits per heavy atom. The molecule has 33 heavy (non-hydrogen) atoms. The third kappa shape index (κ3) is 5.57. The van der Waals surface area contributed by atoms with Crippen LogP contribution in [-0.4, -0.2) is 111 Å². The summed E-state index contributed by atoms with van der Waals surface area (Å²) in [5.74, 6) is 0.407. The summed E-state index contributed by atoms with van der Waals surface area (Å²) in [5.41, 5.74) is 0.568. The van der Waals surface area contributed by atoms with Crippen molar-refractivity contribution in [1.82, 2.24) is 0 Å². The van der Waals surface area contributed by atoms with E-state index in [0.29, 0.717) is 5.56 Å². The third-order valence-electron chi connectivity index (χ3n) is 5.81. The van der Waals surface area contributed by atoms with Gasteiger partial charge in [0.15, 0.2) is 17.8 Å². The molecule has 188 valence electrons. The molecule has 1 aromatic rings. The molecule has 0 saturated carbocycles. The van der Waals surface area contributed by atoms with Gasteiger partial charge in [-0.15, -0.1) is 0 Å². The van der Waals surface area contributed by atoms with Gasteiger partial charge in [-0.2, -0.15) is 0 Å². The molecule has 12 heteroatoms. The van der Waals surface area contributed by atoms with Crippen molar-refractivity contribution in [2.24, 2.45) is 0 Å². The van der Waals surface area contributed by atoms with E-state index in [0.717, 1.165) is 0 Å². The number of aliphatic hydroxyl groups is 7. The first-order chi connectivity index (χ1) is 15.5. The maximum atomic E-state index is 10.3. The van der Waals surface area contributed by atoms with Crippen molar-refractivity contribution in [3.05, 3.63) is 23.8 Å². The molecule has 0 aromatic heterocycles. The van der Waals surface area contributed by atoms with Gasteiger partial charge in [-0.25, -0.2) is 0 Å². The average molecular weight is 476 g/mol. The molecule has 2 aliphatic rings. The van der Waals surface area contributed by atoms with Crippen LogP contribution in [0, 0.1) is 0 Å². The van der Waals surface area contributed by atoms with Crippen molar-refractivity contribution in [3.63, 3.8) is 0 Å². The Morgan fingerprint density at radius 1 is 0.848 bits per heavy atom. The highest BCUT2D eigenvalue weighted by Crippen LogP contribution is 2.33. The van der Waals surface area contributed by atoms with Crippen LogP contribution in [0.4, 0.5) is 0 Å². The summed E-state index contributed by atoms with van der Waals surface area (Å²) in [6.07, 6.45) is -14.7. The Labute approximate surface area is 190 Å². The van der Waals surface area contributed by atoms with Crippen molar-refractivity contribution in [2.45, 2.75) is 81.4 Å². The first kappa shape index (κ1) is 26.0. The number of benzene rings is 1. The van der Waals surface area contributed by atoms with Crippen LogP contribution in [0.3, 0.4) is 0 Å². The summed E-state index contributed by atoms with van der Waals surface area (Å²) in [4.78, 5) is 0.